The molecule has 0 bridgehead atoms. The topological polar surface area (TPSA) is 71.3 Å². The van der Waals surface area contributed by atoms with Gasteiger partial charge in [0, 0.05) is 37.7 Å². The number of anilines is 1. The lowest BCUT2D eigenvalue weighted by atomic mass is 10.0. The molecule has 1 aromatic carbocycles. The quantitative estimate of drug-likeness (QED) is 0.783. The van der Waals surface area contributed by atoms with E-state index in [1.807, 2.05) is 11.0 Å². The fourth-order valence-electron chi connectivity index (χ4n) is 3.56. The molecule has 3 heterocycles. The summed E-state index contributed by atoms with van der Waals surface area (Å²) in [4.78, 5) is 10.3. The smallest absolute Gasteiger partial charge is 0.356 e. The summed E-state index contributed by atoms with van der Waals surface area (Å²) in [7, 11) is 0. The lowest BCUT2D eigenvalue weighted by Gasteiger charge is -2.38. The van der Waals surface area contributed by atoms with Crippen LogP contribution in [0.5, 0.6) is 0 Å². The number of alkyl halides is 3. The molecule has 2 aliphatic rings. The van der Waals surface area contributed by atoms with E-state index in [0.717, 1.165) is 12.1 Å². The second-order valence-electron chi connectivity index (χ2n) is 6.71. The molecule has 1 spiro atoms. The van der Waals surface area contributed by atoms with Gasteiger partial charge < -0.3 is 14.4 Å². The molecule has 0 aliphatic carbocycles. The second kappa shape index (κ2) is 7.04. The van der Waals surface area contributed by atoms with Crippen LogP contribution in [0.1, 0.15) is 24.2 Å². The van der Waals surface area contributed by atoms with Crippen molar-refractivity contribution in [2.24, 2.45) is 0 Å². The number of hydrogen-bond acceptors (Lipinski definition) is 6. The van der Waals surface area contributed by atoms with Crippen LogP contribution in [-0.2, 0) is 15.7 Å². The van der Waals surface area contributed by atoms with Crippen LogP contribution in [0.2, 0.25) is 0 Å². The molecule has 2 aromatic rings. The number of ether oxygens (including phenoxy) is 2. The van der Waals surface area contributed by atoms with Crippen LogP contribution in [0.15, 0.2) is 30.5 Å². The lowest BCUT2D eigenvalue weighted by molar-refractivity contribution is -0.169. The van der Waals surface area contributed by atoms with E-state index >= 15 is 0 Å². The number of halogens is 3. The summed E-state index contributed by atoms with van der Waals surface area (Å²) in [6.07, 6.45) is -1.63. The number of rotatable bonds is 2. The molecular weight excluding hydrogens is 373 g/mol. The molecule has 0 N–H and O–H groups in total. The lowest BCUT2D eigenvalue weighted by Crippen LogP contribution is -2.45. The van der Waals surface area contributed by atoms with Gasteiger partial charge in [0.05, 0.1) is 18.8 Å². The summed E-state index contributed by atoms with van der Waals surface area (Å²) in [6.45, 7) is 2.33. The van der Waals surface area contributed by atoms with Gasteiger partial charge in [-0.1, -0.05) is 12.1 Å². The SMILES string of the molecule is N#Cc1ncc(-c2ccc(C(F)(F)F)cc2)c(N2CCC3(CC2)OCCO3)n1. The number of nitriles is 1. The Morgan fingerprint density at radius 1 is 1.07 bits per heavy atom. The predicted octanol–water partition coefficient (Wildman–Crippen LogP) is 3.38. The molecule has 0 unspecified atom stereocenters. The zero-order chi connectivity index (χ0) is 19.8. The second-order valence-corrected chi connectivity index (χ2v) is 6.71. The highest BCUT2D eigenvalue weighted by Gasteiger charge is 2.40. The summed E-state index contributed by atoms with van der Waals surface area (Å²) < 4.78 is 50.0. The fraction of sp³-hybridized carbons (Fsp3) is 0.421. The third kappa shape index (κ3) is 3.53. The molecule has 0 radical (unpaired) electrons. The number of piperidine rings is 1. The van der Waals surface area contributed by atoms with Crippen molar-refractivity contribution in [3.8, 4) is 17.2 Å². The molecule has 6 nitrogen and oxygen atoms in total. The Kier molecular flexibility index (Phi) is 4.69. The van der Waals surface area contributed by atoms with E-state index in [4.69, 9.17) is 14.7 Å². The molecule has 9 heteroatoms. The van der Waals surface area contributed by atoms with Crippen molar-refractivity contribution >= 4 is 5.82 Å². The Bertz CT molecular complexity index is 893. The van der Waals surface area contributed by atoms with Crippen molar-refractivity contribution < 1.29 is 22.6 Å². The molecule has 0 amide bonds. The van der Waals surface area contributed by atoms with Crippen molar-refractivity contribution in [1.82, 2.24) is 9.97 Å². The molecule has 2 saturated heterocycles. The fourth-order valence-corrected chi connectivity index (χ4v) is 3.56. The maximum atomic E-state index is 12.8. The molecule has 0 atom stereocenters. The molecule has 1 aromatic heterocycles. The van der Waals surface area contributed by atoms with Crippen molar-refractivity contribution in [2.45, 2.75) is 24.8 Å². The average Bonchev–Trinajstić information content (AvgIpc) is 3.15. The van der Waals surface area contributed by atoms with Crippen LogP contribution in [0.25, 0.3) is 11.1 Å². The van der Waals surface area contributed by atoms with Crippen molar-refractivity contribution in [3.63, 3.8) is 0 Å². The third-order valence-corrected chi connectivity index (χ3v) is 5.03. The zero-order valence-electron chi connectivity index (χ0n) is 14.9. The van der Waals surface area contributed by atoms with Gasteiger partial charge in [0.15, 0.2) is 5.79 Å². The summed E-state index contributed by atoms with van der Waals surface area (Å²) >= 11 is 0. The van der Waals surface area contributed by atoms with Crippen LogP contribution < -0.4 is 4.90 Å². The first-order chi connectivity index (χ1) is 13.4. The highest BCUT2D eigenvalue weighted by Crippen LogP contribution is 2.37. The van der Waals surface area contributed by atoms with E-state index < -0.39 is 17.5 Å². The van der Waals surface area contributed by atoms with Crippen LogP contribution in [0, 0.1) is 11.3 Å². The van der Waals surface area contributed by atoms with E-state index in [0.29, 0.717) is 56.1 Å². The predicted molar refractivity (Wildman–Crippen MR) is 93.3 cm³/mol. The number of nitrogens with zero attached hydrogens (tertiary/aromatic N) is 4. The number of aromatic nitrogens is 2. The largest absolute Gasteiger partial charge is 0.416 e. The maximum absolute atomic E-state index is 12.8. The van der Waals surface area contributed by atoms with Crippen LogP contribution in [0.3, 0.4) is 0 Å². The first-order valence-electron chi connectivity index (χ1n) is 8.88. The van der Waals surface area contributed by atoms with Gasteiger partial charge >= 0.3 is 6.18 Å². The van der Waals surface area contributed by atoms with Gasteiger partial charge in [0.1, 0.15) is 11.9 Å². The first-order valence-corrected chi connectivity index (χ1v) is 8.88. The highest BCUT2D eigenvalue weighted by atomic mass is 19.4. The van der Waals surface area contributed by atoms with Gasteiger partial charge in [-0.15, -0.1) is 0 Å². The van der Waals surface area contributed by atoms with Crippen LogP contribution in [0.4, 0.5) is 19.0 Å². The molecule has 4 rings (SSSR count). The van der Waals surface area contributed by atoms with E-state index in [-0.39, 0.29) is 5.82 Å². The van der Waals surface area contributed by atoms with E-state index in [1.165, 1.54) is 18.3 Å². The van der Waals surface area contributed by atoms with E-state index in [1.54, 1.807) is 0 Å². The minimum Gasteiger partial charge on any atom is -0.356 e. The van der Waals surface area contributed by atoms with Crippen molar-refractivity contribution in [2.75, 3.05) is 31.2 Å². The molecular formula is C19H17F3N4O2. The number of benzene rings is 1. The molecule has 146 valence electrons. The van der Waals surface area contributed by atoms with Gasteiger partial charge in [-0.3, -0.25) is 0 Å². The summed E-state index contributed by atoms with van der Waals surface area (Å²) in [5.74, 6) is -0.0192. The van der Waals surface area contributed by atoms with Gasteiger partial charge in [-0.25, -0.2) is 9.97 Å². The molecule has 0 saturated carbocycles. The van der Waals surface area contributed by atoms with Gasteiger partial charge in [0.25, 0.3) is 0 Å². The standard InChI is InChI=1S/C19H17F3N4O2/c20-19(21,22)14-3-1-13(2-4-14)15-12-24-16(11-23)25-17(15)26-7-5-18(6-8-26)27-9-10-28-18/h1-4,12H,5-10H2. The minimum absolute atomic E-state index is 0.0133. The summed E-state index contributed by atoms with van der Waals surface area (Å²) in [5, 5.41) is 9.16. The van der Waals surface area contributed by atoms with E-state index in [9.17, 15) is 13.2 Å². The molecule has 28 heavy (non-hydrogen) atoms. The normalized spacial score (nSPS) is 19.0. The number of hydrogen-bond donors (Lipinski definition) is 0. The van der Waals surface area contributed by atoms with Crippen LogP contribution in [-0.4, -0.2) is 42.1 Å². The van der Waals surface area contributed by atoms with Gasteiger partial charge in [-0.05, 0) is 17.7 Å². The Morgan fingerprint density at radius 3 is 2.29 bits per heavy atom. The Hall–Kier alpha value is -2.70. The Balaban J connectivity index is 1.64. The zero-order valence-corrected chi connectivity index (χ0v) is 14.9. The van der Waals surface area contributed by atoms with Gasteiger partial charge in [0.2, 0.25) is 5.82 Å². The average molecular weight is 390 g/mol. The van der Waals surface area contributed by atoms with Crippen molar-refractivity contribution in [1.29, 1.82) is 5.26 Å². The molecule has 2 fully saturated rings. The van der Waals surface area contributed by atoms with Crippen molar-refractivity contribution in [3.05, 3.63) is 41.9 Å². The van der Waals surface area contributed by atoms with Gasteiger partial charge in [-0.2, -0.15) is 18.4 Å². The highest BCUT2D eigenvalue weighted by molar-refractivity contribution is 5.75. The monoisotopic (exact) mass is 390 g/mol. The molecule has 2 aliphatic heterocycles. The first kappa shape index (κ1) is 18.7. The summed E-state index contributed by atoms with van der Waals surface area (Å²) in [6, 6.07) is 6.77. The Labute approximate surface area is 159 Å². The van der Waals surface area contributed by atoms with E-state index in [2.05, 4.69) is 9.97 Å². The summed E-state index contributed by atoms with van der Waals surface area (Å²) in [5.41, 5.74) is 0.417. The minimum atomic E-state index is -4.40. The Morgan fingerprint density at radius 2 is 1.71 bits per heavy atom. The third-order valence-electron chi connectivity index (χ3n) is 5.03. The van der Waals surface area contributed by atoms with Crippen LogP contribution >= 0.6 is 0 Å². The maximum Gasteiger partial charge on any atom is 0.416 e.